The summed E-state index contributed by atoms with van der Waals surface area (Å²) < 4.78 is 6.48. The molecule has 1 aromatic rings. The molecule has 1 aromatic heterocycles. The monoisotopic (exact) mass is 361 g/mol. The van der Waals surface area contributed by atoms with E-state index in [0.29, 0.717) is 18.0 Å². The second-order valence-corrected chi connectivity index (χ2v) is 8.76. The molecular weight excluding hydrogens is 324 g/mol. The molecule has 5 atom stereocenters. The van der Waals surface area contributed by atoms with Gasteiger partial charge >= 0.3 is 11.6 Å². The van der Waals surface area contributed by atoms with E-state index in [1.807, 2.05) is 4.68 Å². The van der Waals surface area contributed by atoms with Gasteiger partial charge in [0.1, 0.15) is 0 Å². The molecule has 2 saturated carbocycles. The molecule has 2 heterocycles. The Labute approximate surface area is 157 Å². The first-order valence-electron chi connectivity index (χ1n) is 11.0. The first kappa shape index (κ1) is 18.1. The largest absolute Gasteiger partial charge is 0.351 e. The van der Waals surface area contributed by atoms with Crippen LogP contribution < -0.4 is 21.7 Å². The van der Waals surface area contributed by atoms with Crippen LogP contribution >= 0.6 is 0 Å². The van der Waals surface area contributed by atoms with Crippen molar-refractivity contribution in [3.8, 4) is 0 Å². The number of anilines is 1. The maximum atomic E-state index is 6.54. The molecule has 0 radical (unpaired) electrons. The Morgan fingerprint density at radius 1 is 1.08 bits per heavy atom. The Morgan fingerprint density at radius 2 is 1.88 bits per heavy atom. The predicted molar refractivity (Wildman–Crippen MR) is 103 cm³/mol. The van der Waals surface area contributed by atoms with E-state index in [4.69, 9.17) is 16.5 Å². The number of nitrogens with zero attached hydrogens (tertiary/aromatic N) is 4. The summed E-state index contributed by atoms with van der Waals surface area (Å²) in [7, 11) is 0. The Bertz CT molecular complexity index is 700. The molecule has 5 unspecified atom stereocenters. The van der Waals surface area contributed by atoms with Gasteiger partial charge in [-0.2, -0.15) is 4.99 Å². The highest BCUT2D eigenvalue weighted by Gasteiger charge is 2.46. The summed E-state index contributed by atoms with van der Waals surface area (Å²) in [6.07, 6.45) is 14.0. The van der Waals surface area contributed by atoms with E-state index < -0.39 is 0 Å². The van der Waals surface area contributed by atoms with Gasteiger partial charge in [-0.05, 0) is 37.5 Å². The first-order chi connectivity index (χ1) is 12.7. The molecule has 0 amide bonds. The SMILES string of the molecule is CCCC1CCCC(N=c2n3n(c(N)[n+]2C2CCCCC2CC)C3N)C1. The molecule has 0 aromatic carbocycles. The molecule has 6 nitrogen and oxygen atoms in total. The topological polar surface area (TPSA) is 78.1 Å². The van der Waals surface area contributed by atoms with Gasteiger partial charge < -0.3 is 5.73 Å². The molecular formula is C20H37N6+. The van der Waals surface area contributed by atoms with Gasteiger partial charge in [-0.25, -0.2) is 4.57 Å². The molecule has 3 aliphatic rings. The lowest BCUT2D eigenvalue weighted by Crippen LogP contribution is -2.59. The van der Waals surface area contributed by atoms with Crippen molar-refractivity contribution >= 4 is 5.95 Å². The van der Waals surface area contributed by atoms with E-state index in [0.717, 1.165) is 17.5 Å². The summed E-state index contributed by atoms with van der Waals surface area (Å²) >= 11 is 0. The van der Waals surface area contributed by atoms with E-state index in [1.54, 1.807) is 0 Å². The van der Waals surface area contributed by atoms with Crippen LogP contribution in [0.15, 0.2) is 4.99 Å². The Morgan fingerprint density at radius 3 is 2.65 bits per heavy atom. The highest BCUT2D eigenvalue weighted by atomic mass is 15.7. The minimum Gasteiger partial charge on any atom is -0.320 e. The summed E-state index contributed by atoms with van der Waals surface area (Å²) in [6, 6.07) is 0.921. The second kappa shape index (κ2) is 7.37. The molecule has 2 aliphatic carbocycles. The van der Waals surface area contributed by atoms with Gasteiger partial charge in [0, 0.05) is 0 Å². The number of rotatable bonds is 5. The predicted octanol–water partition coefficient (Wildman–Crippen LogP) is 2.84. The fourth-order valence-corrected chi connectivity index (χ4v) is 5.63. The molecule has 4 N–H and O–H groups in total. The van der Waals surface area contributed by atoms with Crippen molar-refractivity contribution in [1.29, 1.82) is 0 Å². The van der Waals surface area contributed by atoms with Crippen LogP contribution in [0.5, 0.6) is 0 Å². The summed E-state index contributed by atoms with van der Waals surface area (Å²) in [5.41, 5.74) is 13.8. The molecule has 26 heavy (non-hydrogen) atoms. The van der Waals surface area contributed by atoms with E-state index >= 15 is 0 Å². The minimum atomic E-state index is -0.108. The van der Waals surface area contributed by atoms with Crippen LogP contribution in [0.3, 0.4) is 0 Å². The van der Waals surface area contributed by atoms with E-state index in [-0.39, 0.29) is 6.29 Å². The average molecular weight is 362 g/mol. The van der Waals surface area contributed by atoms with Crippen LogP contribution in [0.2, 0.25) is 0 Å². The standard InChI is InChI=1S/C20H36N6/c1-3-8-14-9-7-11-16(13-14)23-20-24(18(21)25-19(22)26(20)25)17-12-6-5-10-15(17)4-2/h14-17,19,21H,3-13,22H2,1-2H3/p+1. The van der Waals surface area contributed by atoms with Gasteiger partial charge in [0.15, 0.2) is 0 Å². The molecule has 0 bridgehead atoms. The van der Waals surface area contributed by atoms with Gasteiger partial charge in [0.25, 0.3) is 6.29 Å². The molecule has 0 saturated heterocycles. The zero-order valence-corrected chi connectivity index (χ0v) is 16.6. The lowest BCUT2D eigenvalue weighted by molar-refractivity contribution is -0.736. The summed E-state index contributed by atoms with van der Waals surface area (Å²) in [5.74, 6) is 2.36. The van der Waals surface area contributed by atoms with Crippen LogP contribution in [0.25, 0.3) is 0 Å². The Hall–Kier alpha value is -1.30. The second-order valence-electron chi connectivity index (χ2n) is 8.76. The zero-order valence-electron chi connectivity index (χ0n) is 16.6. The van der Waals surface area contributed by atoms with Crippen molar-refractivity contribution < 1.29 is 4.57 Å². The minimum absolute atomic E-state index is 0.108. The van der Waals surface area contributed by atoms with Gasteiger partial charge in [-0.1, -0.05) is 58.8 Å². The number of aromatic nitrogens is 3. The number of nitrogens with two attached hydrogens (primary N) is 2. The van der Waals surface area contributed by atoms with Crippen LogP contribution in [-0.2, 0) is 0 Å². The first-order valence-corrected chi connectivity index (χ1v) is 11.0. The average Bonchev–Trinajstić information content (AvgIpc) is 3.23. The molecule has 6 heteroatoms. The summed E-state index contributed by atoms with van der Waals surface area (Å²) in [6.45, 7) is 4.61. The normalized spacial score (nSPS) is 34.7. The van der Waals surface area contributed by atoms with E-state index in [2.05, 4.69) is 23.1 Å². The number of hydrogen-bond donors (Lipinski definition) is 2. The lowest BCUT2D eigenvalue weighted by Gasteiger charge is -2.30. The third-order valence-electron chi connectivity index (χ3n) is 7.06. The van der Waals surface area contributed by atoms with Crippen molar-refractivity contribution in [3.05, 3.63) is 5.62 Å². The molecule has 0 spiro atoms. The maximum Gasteiger partial charge on any atom is 0.351 e. The van der Waals surface area contributed by atoms with Gasteiger partial charge in [-0.3, -0.25) is 5.73 Å². The summed E-state index contributed by atoms with van der Waals surface area (Å²) in [5, 5.41) is 0. The van der Waals surface area contributed by atoms with Gasteiger partial charge in [0.2, 0.25) is 0 Å². The maximum absolute atomic E-state index is 6.54. The highest BCUT2D eigenvalue weighted by molar-refractivity contribution is 5.13. The van der Waals surface area contributed by atoms with Gasteiger partial charge in [-0.15, -0.1) is 9.36 Å². The fourth-order valence-electron chi connectivity index (χ4n) is 5.63. The Kier molecular flexibility index (Phi) is 5.13. The van der Waals surface area contributed by atoms with Crippen LogP contribution in [-0.4, -0.2) is 15.4 Å². The van der Waals surface area contributed by atoms with Crippen molar-refractivity contribution in [2.45, 2.75) is 103 Å². The van der Waals surface area contributed by atoms with Crippen LogP contribution in [0.4, 0.5) is 5.95 Å². The molecule has 2 fully saturated rings. The van der Waals surface area contributed by atoms with Crippen molar-refractivity contribution in [1.82, 2.24) is 9.36 Å². The zero-order chi connectivity index (χ0) is 18.3. The lowest BCUT2D eigenvalue weighted by atomic mass is 9.82. The number of fused-ring (bicyclic) bond motifs is 1. The number of nitrogen functional groups attached to an aromatic ring is 1. The summed E-state index contributed by atoms with van der Waals surface area (Å²) in [4.78, 5) is 5.26. The molecule has 1 aliphatic heterocycles. The van der Waals surface area contributed by atoms with E-state index in [1.165, 1.54) is 70.6 Å². The van der Waals surface area contributed by atoms with Crippen molar-refractivity contribution in [3.63, 3.8) is 0 Å². The van der Waals surface area contributed by atoms with Crippen molar-refractivity contribution in [2.24, 2.45) is 22.6 Å². The fraction of sp³-hybridized carbons (Fsp3) is 0.900. The van der Waals surface area contributed by atoms with Crippen LogP contribution in [0, 0.1) is 11.8 Å². The van der Waals surface area contributed by atoms with Crippen molar-refractivity contribution in [2.75, 3.05) is 5.73 Å². The van der Waals surface area contributed by atoms with Gasteiger partial charge in [0.05, 0.1) is 12.1 Å². The molecule has 146 valence electrons. The third kappa shape index (κ3) is 3.10. The molecule has 4 rings (SSSR count). The third-order valence-corrected chi connectivity index (χ3v) is 7.06. The smallest absolute Gasteiger partial charge is 0.320 e. The quantitative estimate of drug-likeness (QED) is 0.791. The van der Waals surface area contributed by atoms with Crippen LogP contribution in [0.1, 0.15) is 96.8 Å². The Balaban J connectivity index is 1.68. The number of hydrogen-bond acceptors (Lipinski definition) is 3. The highest BCUT2D eigenvalue weighted by Crippen LogP contribution is 2.34. The van der Waals surface area contributed by atoms with E-state index in [9.17, 15) is 0 Å².